The van der Waals surface area contributed by atoms with E-state index in [-0.39, 0.29) is 0 Å². The molecular weight excluding hydrogens is 367 g/mol. The summed E-state index contributed by atoms with van der Waals surface area (Å²) in [7, 11) is 0. The summed E-state index contributed by atoms with van der Waals surface area (Å²) in [4.78, 5) is 11.0. The summed E-state index contributed by atoms with van der Waals surface area (Å²) in [6.45, 7) is 8.99. The van der Waals surface area contributed by atoms with Gasteiger partial charge in [-0.1, -0.05) is 0 Å². The molecule has 2 nitrogen and oxygen atoms in total. The van der Waals surface area contributed by atoms with Crippen molar-refractivity contribution in [1.82, 2.24) is 0 Å². The molecule has 0 aromatic rings. The van der Waals surface area contributed by atoms with Crippen LogP contribution in [0.2, 0.25) is 13.3 Å². The fourth-order valence-electron chi connectivity index (χ4n) is 3.36. The molecule has 0 aliphatic heterocycles. The van der Waals surface area contributed by atoms with Gasteiger partial charge in [0.25, 0.3) is 0 Å². The maximum atomic E-state index is 11.0. The number of carbonyl (C=O) groups is 1. The van der Waals surface area contributed by atoms with Crippen LogP contribution in [0.1, 0.15) is 79.1 Å². The van der Waals surface area contributed by atoms with Crippen LogP contribution in [0.25, 0.3) is 0 Å². The molecule has 0 unspecified atom stereocenters. The molecule has 0 heterocycles. The van der Waals surface area contributed by atoms with E-state index in [4.69, 9.17) is 5.11 Å². The Labute approximate surface area is 136 Å². The molecule has 0 fully saturated rings. The summed E-state index contributed by atoms with van der Waals surface area (Å²) in [6.07, 6.45) is 11.3. The van der Waals surface area contributed by atoms with Crippen molar-refractivity contribution in [1.29, 1.82) is 0 Å². The van der Waals surface area contributed by atoms with E-state index < -0.39 is 24.3 Å². The molecule has 0 amide bonds. The first kappa shape index (κ1) is 21.0. The summed E-state index contributed by atoms with van der Waals surface area (Å²) in [6, 6.07) is 0. The standard InChI is InChI=1S/C6H9O2.3C4H9.Sn/c1-2-3-4-5-6(7)8;3*1-3-4-2;/h2H,4-5H2,1H3,(H,7,8);3*1,3-4H2,2H3;. The second-order valence-corrected chi connectivity index (χ2v) is 19.7. The maximum absolute atomic E-state index is 11.0. The minimum absolute atomic E-state index is 0.322. The zero-order chi connectivity index (χ0) is 16.1. The third kappa shape index (κ3) is 8.27. The van der Waals surface area contributed by atoms with E-state index in [1.54, 1.807) is 3.59 Å². The number of hydrogen-bond acceptors (Lipinski definition) is 1. The van der Waals surface area contributed by atoms with Crippen molar-refractivity contribution >= 4 is 24.3 Å². The Morgan fingerprint density at radius 3 is 1.62 bits per heavy atom. The number of unbranched alkanes of at least 4 members (excludes halogenated alkanes) is 3. The number of carboxylic acids is 1. The first-order valence-electron chi connectivity index (χ1n) is 8.93. The molecule has 0 aromatic heterocycles. The molecule has 0 saturated carbocycles. The molecule has 0 aliphatic carbocycles. The average molecular weight is 403 g/mol. The second-order valence-electron chi connectivity index (χ2n) is 6.30. The summed E-state index contributed by atoms with van der Waals surface area (Å²) in [5.41, 5.74) is 0. The van der Waals surface area contributed by atoms with Gasteiger partial charge in [-0.05, 0) is 0 Å². The van der Waals surface area contributed by atoms with Gasteiger partial charge in [-0.2, -0.15) is 0 Å². The first-order valence-corrected chi connectivity index (χ1v) is 16.4. The van der Waals surface area contributed by atoms with Crippen LogP contribution in [-0.4, -0.2) is 29.5 Å². The number of aliphatic carboxylic acids is 1. The summed E-state index contributed by atoms with van der Waals surface area (Å²) in [5.74, 6) is -0.643. The summed E-state index contributed by atoms with van der Waals surface area (Å²) >= 11 is -2.33. The molecule has 124 valence electrons. The van der Waals surface area contributed by atoms with Crippen LogP contribution in [0.3, 0.4) is 0 Å². The number of hydrogen-bond donors (Lipinski definition) is 1. The van der Waals surface area contributed by atoms with Crippen LogP contribution in [0.15, 0.2) is 9.67 Å². The second kappa shape index (κ2) is 12.5. The van der Waals surface area contributed by atoms with Crippen molar-refractivity contribution < 1.29 is 9.90 Å². The molecule has 0 radical (unpaired) electrons. The predicted molar refractivity (Wildman–Crippen MR) is 95.5 cm³/mol. The average Bonchev–Trinajstić information content (AvgIpc) is 2.48. The van der Waals surface area contributed by atoms with E-state index in [1.165, 1.54) is 51.8 Å². The van der Waals surface area contributed by atoms with E-state index in [2.05, 4.69) is 33.8 Å². The third-order valence-electron chi connectivity index (χ3n) is 4.66. The van der Waals surface area contributed by atoms with Gasteiger partial charge in [0.1, 0.15) is 0 Å². The molecule has 0 spiro atoms. The zero-order valence-corrected chi connectivity index (χ0v) is 17.6. The van der Waals surface area contributed by atoms with Crippen molar-refractivity contribution in [3.05, 3.63) is 9.67 Å². The molecular formula is C18H36O2Sn. The van der Waals surface area contributed by atoms with E-state index in [0.717, 1.165) is 6.42 Å². The number of carboxylic acid groups (broad SMARTS) is 1. The number of rotatable bonds is 13. The minimum atomic E-state index is -2.33. The van der Waals surface area contributed by atoms with Crippen LogP contribution in [-0.2, 0) is 4.79 Å². The molecule has 3 heteroatoms. The van der Waals surface area contributed by atoms with Crippen molar-refractivity contribution in [3.63, 3.8) is 0 Å². The molecule has 0 aromatic carbocycles. The van der Waals surface area contributed by atoms with E-state index in [0.29, 0.717) is 6.42 Å². The molecule has 21 heavy (non-hydrogen) atoms. The normalized spacial score (nSPS) is 12.7. The van der Waals surface area contributed by atoms with Crippen LogP contribution >= 0.6 is 0 Å². The van der Waals surface area contributed by atoms with Crippen LogP contribution < -0.4 is 0 Å². The fraction of sp³-hybridized carbons (Fsp3) is 0.833. The molecule has 0 saturated heterocycles. The summed E-state index contributed by atoms with van der Waals surface area (Å²) < 4.78 is 5.92. The Morgan fingerprint density at radius 1 is 0.905 bits per heavy atom. The predicted octanol–water partition coefficient (Wildman–Crippen LogP) is 6.19. The molecule has 0 atom stereocenters. The fourth-order valence-corrected chi connectivity index (χ4v) is 20.7. The van der Waals surface area contributed by atoms with Gasteiger partial charge in [-0.25, -0.2) is 0 Å². The Balaban J connectivity index is 5.17. The van der Waals surface area contributed by atoms with Crippen LogP contribution in [0.5, 0.6) is 0 Å². The molecule has 0 bridgehead atoms. The Kier molecular flexibility index (Phi) is 12.5. The van der Waals surface area contributed by atoms with Gasteiger partial charge in [0.2, 0.25) is 0 Å². The van der Waals surface area contributed by atoms with Crippen LogP contribution in [0.4, 0.5) is 0 Å². The Morgan fingerprint density at radius 2 is 1.33 bits per heavy atom. The summed E-state index contributed by atoms with van der Waals surface area (Å²) in [5, 5.41) is 9.05. The van der Waals surface area contributed by atoms with Gasteiger partial charge in [-0.3, -0.25) is 0 Å². The van der Waals surface area contributed by atoms with Crippen LogP contribution in [0, 0.1) is 0 Å². The molecule has 1 N–H and O–H groups in total. The zero-order valence-electron chi connectivity index (χ0n) is 14.7. The van der Waals surface area contributed by atoms with Gasteiger partial charge < -0.3 is 0 Å². The van der Waals surface area contributed by atoms with E-state index in [9.17, 15) is 4.79 Å². The molecule has 0 rings (SSSR count). The SMILES string of the molecule is CC=[C](CCC(=O)O)[Sn]([CH2]CCC)([CH2]CCC)[CH2]CCC. The van der Waals surface area contributed by atoms with E-state index >= 15 is 0 Å². The topological polar surface area (TPSA) is 37.3 Å². The van der Waals surface area contributed by atoms with Gasteiger partial charge in [0.15, 0.2) is 0 Å². The van der Waals surface area contributed by atoms with Crippen molar-refractivity contribution in [2.24, 2.45) is 0 Å². The first-order chi connectivity index (χ1) is 10.1. The molecule has 0 aliphatic rings. The number of allylic oxidation sites excluding steroid dienone is 2. The van der Waals surface area contributed by atoms with Crippen molar-refractivity contribution in [3.8, 4) is 0 Å². The Hall–Kier alpha value is 0.00870. The van der Waals surface area contributed by atoms with E-state index in [1.807, 2.05) is 0 Å². The van der Waals surface area contributed by atoms with Gasteiger partial charge in [-0.15, -0.1) is 0 Å². The van der Waals surface area contributed by atoms with Gasteiger partial charge in [0.05, 0.1) is 0 Å². The van der Waals surface area contributed by atoms with Crippen molar-refractivity contribution in [2.75, 3.05) is 0 Å². The van der Waals surface area contributed by atoms with Gasteiger partial charge >= 0.3 is 136 Å². The van der Waals surface area contributed by atoms with Gasteiger partial charge in [0, 0.05) is 0 Å². The Bertz CT molecular complexity index is 289. The third-order valence-corrected chi connectivity index (χ3v) is 21.3. The quantitative estimate of drug-likeness (QED) is 0.373. The van der Waals surface area contributed by atoms with Crippen molar-refractivity contribution in [2.45, 2.75) is 92.4 Å². The monoisotopic (exact) mass is 404 g/mol.